The summed E-state index contributed by atoms with van der Waals surface area (Å²) in [5.41, 5.74) is 1.82. The molecule has 0 fully saturated rings. The van der Waals surface area contributed by atoms with Gasteiger partial charge in [0, 0.05) is 12.1 Å². The quantitative estimate of drug-likeness (QED) is 0.365. The van der Waals surface area contributed by atoms with Crippen LogP contribution >= 0.6 is 11.8 Å². The van der Waals surface area contributed by atoms with Crippen LogP contribution in [0.2, 0.25) is 0 Å². The second-order valence-corrected chi connectivity index (χ2v) is 4.36. The zero-order chi connectivity index (χ0) is 12.8. The molecule has 92 valence electrons. The Balaban J connectivity index is 2.24. The van der Waals surface area contributed by atoms with E-state index >= 15 is 0 Å². The Morgan fingerprint density at radius 3 is 3.17 bits per heavy atom. The van der Waals surface area contributed by atoms with Gasteiger partial charge in [-0.15, -0.1) is 0 Å². The standard InChI is InChI=1S/C12H13N5S/c1-18-12(16-8-13)17-10-4-2-3-9(7-10)11-14-5-6-15-11/h2-4,7H,5-6H2,1H3,(H,14,15)(H,16,17). The molecule has 0 amide bonds. The van der Waals surface area contributed by atoms with Crippen LogP contribution in [0.3, 0.4) is 0 Å². The summed E-state index contributed by atoms with van der Waals surface area (Å²) in [6.07, 6.45) is 3.74. The first-order valence-electron chi connectivity index (χ1n) is 5.50. The highest BCUT2D eigenvalue weighted by Gasteiger charge is 2.08. The molecule has 0 radical (unpaired) electrons. The average molecular weight is 259 g/mol. The topological polar surface area (TPSA) is 72.6 Å². The van der Waals surface area contributed by atoms with Crippen LogP contribution in [0.15, 0.2) is 34.3 Å². The Morgan fingerprint density at radius 1 is 1.61 bits per heavy atom. The van der Waals surface area contributed by atoms with E-state index in [1.807, 2.05) is 36.7 Å². The van der Waals surface area contributed by atoms with Crippen molar-refractivity contribution >= 4 is 28.5 Å². The highest BCUT2D eigenvalue weighted by molar-refractivity contribution is 8.13. The molecule has 6 heteroatoms. The Labute approximate surface area is 110 Å². The Kier molecular flexibility index (Phi) is 4.20. The molecular formula is C12H13N5S. The van der Waals surface area contributed by atoms with E-state index in [-0.39, 0.29) is 0 Å². The third kappa shape index (κ3) is 3.02. The molecule has 1 aliphatic heterocycles. The Morgan fingerprint density at radius 2 is 2.50 bits per heavy atom. The zero-order valence-electron chi connectivity index (χ0n) is 9.97. The smallest absolute Gasteiger partial charge is 0.183 e. The molecule has 1 aromatic carbocycles. The molecule has 0 saturated heterocycles. The van der Waals surface area contributed by atoms with Gasteiger partial charge in [0.2, 0.25) is 0 Å². The SMILES string of the molecule is CSC(=Nc1cccc(C2=NCCN2)c1)NC#N. The first kappa shape index (κ1) is 12.5. The summed E-state index contributed by atoms with van der Waals surface area (Å²) in [6.45, 7) is 1.70. The predicted octanol–water partition coefficient (Wildman–Crippen LogP) is 1.46. The highest BCUT2D eigenvalue weighted by Crippen LogP contribution is 2.16. The fourth-order valence-corrected chi connectivity index (χ4v) is 1.95. The molecule has 0 spiro atoms. The molecule has 18 heavy (non-hydrogen) atoms. The molecule has 2 rings (SSSR count). The molecule has 1 aliphatic rings. The van der Waals surface area contributed by atoms with Crippen molar-refractivity contribution in [2.24, 2.45) is 9.98 Å². The third-order valence-electron chi connectivity index (χ3n) is 2.38. The number of amidine groups is 2. The summed E-state index contributed by atoms with van der Waals surface area (Å²) >= 11 is 1.40. The molecule has 5 nitrogen and oxygen atoms in total. The van der Waals surface area contributed by atoms with Crippen molar-refractivity contribution in [1.82, 2.24) is 10.6 Å². The largest absolute Gasteiger partial charge is 0.368 e. The molecule has 0 saturated carbocycles. The lowest BCUT2D eigenvalue weighted by molar-refractivity contribution is 0.960. The maximum absolute atomic E-state index is 8.59. The fraction of sp³-hybridized carbons (Fsp3) is 0.250. The molecule has 0 aromatic heterocycles. The second-order valence-electron chi connectivity index (χ2n) is 3.57. The van der Waals surface area contributed by atoms with Gasteiger partial charge in [-0.1, -0.05) is 23.9 Å². The molecule has 1 heterocycles. The van der Waals surface area contributed by atoms with E-state index < -0.39 is 0 Å². The first-order valence-corrected chi connectivity index (χ1v) is 6.72. The summed E-state index contributed by atoms with van der Waals surface area (Å²) in [5.74, 6) is 0.908. The molecule has 0 unspecified atom stereocenters. The van der Waals surface area contributed by atoms with E-state index in [1.54, 1.807) is 0 Å². The van der Waals surface area contributed by atoms with Gasteiger partial charge in [0.05, 0.1) is 12.2 Å². The van der Waals surface area contributed by atoms with Crippen molar-refractivity contribution in [2.75, 3.05) is 19.3 Å². The minimum Gasteiger partial charge on any atom is -0.368 e. The van der Waals surface area contributed by atoms with Crippen LogP contribution in [-0.4, -0.2) is 30.3 Å². The number of nitrogens with zero attached hydrogens (tertiary/aromatic N) is 3. The van der Waals surface area contributed by atoms with Gasteiger partial charge in [0.1, 0.15) is 5.84 Å². The van der Waals surface area contributed by atoms with E-state index in [9.17, 15) is 0 Å². The summed E-state index contributed by atoms with van der Waals surface area (Å²) in [6, 6.07) is 7.77. The minimum absolute atomic E-state index is 0.580. The molecule has 0 aliphatic carbocycles. The van der Waals surface area contributed by atoms with Crippen molar-refractivity contribution in [1.29, 1.82) is 5.26 Å². The van der Waals surface area contributed by atoms with Gasteiger partial charge in [-0.2, -0.15) is 5.26 Å². The van der Waals surface area contributed by atoms with E-state index in [4.69, 9.17) is 5.26 Å². The summed E-state index contributed by atoms with van der Waals surface area (Å²) in [5, 5.41) is 14.9. The molecule has 2 N–H and O–H groups in total. The van der Waals surface area contributed by atoms with Crippen molar-refractivity contribution in [3.05, 3.63) is 29.8 Å². The maximum Gasteiger partial charge on any atom is 0.183 e. The van der Waals surface area contributed by atoms with Crippen LogP contribution < -0.4 is 10.6 Å². The number of hydrogen-bond acceptors (Lipinski definition) is 5. The van der Waals surface area contributed by atoms with E-state index in [2.05, 4.69) is 20.6 Å². The van der Waals surface area contributed by atoms with Gasteiger partial charge < -0.3 is 5.32 Å². The monoisotopic (exact) mass is 259 g/mol. The second kappa shape index (κ2) is 6.07. The predicted molar refractivity (Wildman–Crippen MR) is 75.2 cm³/mol. The fourth-order valence-electron chi connectivity index (χ4n) is 1.60. The molecular weight excluding hydrogens is 246 g/mol. The van der Waals surface area contributed by atoms with Crippen LogP contribution in [0.25, 0.3) is 0 Å². The highest BCUT2D eigenvalue weighted by atomic mass is 32.2. The van der Waals surface area contributed by atoms with Gasteiger partial charge in [-0.25, -0.2) is 4.99 Å². The van der Waals surface area contributed by atoms with Gasteiger partial charge in [-0.3, -0.25) is 10.3 Å². The van der Waals surface area contributed by atoms with Crippen LogP contribution in [0, 0.1) is 11.5 Å². The van der Waals surface area contributed by atoms with Gasteiger partial charge >= 0.3 is 0 Å². The van der Waals surface area contributed by atoms with E-state index in [0.717, 1.165) is 30.2 Å². The van der Waals surface area contributed by atoms with Gasteiger partial charge in [0.25, 0.3) is 0 Å². The lowest BCUT2D eigenvalue weighted by Crippen LogP contribution is -2.19. The number of nitriles is 1. The molecule has 1 aromatic rings. The lowest BCUT2D eigenvalue weighted by Gasteiger charge is -2.04. The van der Waals surface area contributed by atoms with E-state index in [0.29, 0.717) is 5.17 Å². The van der Waals surface area contributed by atoms with Crippen molar-refractivity contribution in [3.63, 3.8) is 0 Å². The maximum atomic E-state index is 8.59. The van der Waals surface area contributed by atoms with Crippen LogP contribution in [-0.2, 0) is 0 Å². The van der Waals surface area contributed by atoms with E-state index in [1.165, 1.54) is 11.8 Å². The van der Waals surface area contributed by atoms with Gasteiger partial charge in [-0.05, 0) is 18.4 Å². The first-order chi connectivity index (χ1) is 8.83. The number of hydrogen-bond donors (Lipinski definition) is 2. The summed E-state index contributed by atoms with van der Waals surface area (Å²) in [7, 11) is 0. The summed E-state index contributed by atoms with van der Waals surface area (Å²) < 4.78 is 0. The zero-order valence-corrected chi connectivity index (χ0v) is 10.8. The van der Waals surface area contributed by atoms with Crippen LogP contribution in [0.1, 0.15) is 5.56 Å². The number of thioether (sulfide) groups is 1. The number of nitrogens with one attached hydrogen (secondary N) is 2. The lowest BCUT2D eigenvalue weighted by atomic mass is 10.2. The van der Waals surface area contributed by atoms with Crippen molar-refractivity contribution in [2.45, 2.75) is 0 Å². The van der Waals surface area contributed by atoms with Crippen molar-refractivity contribution < 1.29 is 0 Å². The molecule has 0 bridgehead atoms. The third-order valence-corrected chi connectivity index (χ3v) is 2.96. The van der Waals surface area contributed by atoms with Gasteiger partial charge in [0.15, 0.2) is 11.4 Å². The number of rotatable bonds is 2. The average Bonchev–Trinajstić information content (AvgIpc) is 2.92. The number of benzene rings is 1. The Hall–Kier alpha value is -2.00. The van der Waals surface area contributed by atoms with Crippen LogP contribution in [0.4, 0.5) is 5.69 Å². The summed E-state index contributed by atoms with van der Waals surface area (Å²) in [4.78, 5) is 8.73. The van der Waals surface area contributed by atoms with Crippen molar-refractivity contribution in [3.8, 4) is 6.19 Å². The molecule has 0 atom stereocenters. The number of aliphatic imine (C=N–C) groups is 2. The Bertz CT molecular complexity index is 530. The normalized spacial score (nSPS) is 14.7. The minimum atomic E-state index is 0.580. The van der Waals surface area contributed by atoms with Crippen LogP contribution in [0.5, 0.6) is 0 Å².